The van der Waals surface area contributed by atoms with E-state index in [2.05, 4.69) is 33.4 Å². The minimum atomic E-state index is -0.0967. The van der Waals surface area contributed by atoms with Crippen LogP contribution >= 0.6 is 15.9 Å². The lowest BCUT2D eigenvalue weighted by atomic mass is 10.1. The average Bonchev–Trinajstić information content (AvgIpc) is 2.52. The predicted molar refractivity (Wildman–Crippen MR) is 92.0 cm³/mol. The lowest BCUT2D eigenvalue weighted by Crippen LogP contribution is -2.36. The Hall–Kier alpha value is -1.81. The second-order valence-electron chi connectivity index (χ2n) is 5.24. The molecule has 22 heavy (non-hydrogen) atoms. The molecule has 2 rings (SSSR count). The van der Waals surface area contributed by atoms with Gasteiger partial charge in [0.2, 0.25) is 0 Å². The highest BCUT2D eigenvalue weighted by Crippen LogP contribution is 2.17. The van der Waals surface area contributed by atoms with Crippen LogP contribution in [0, 0.1) is 0 Å². The quantitative estimate of drug-likeness (QED) is 0.810. The van der Waals surface area contributed by atoms with Crippen LogP contribution in [0.25, 0.3) is 0 Å². The Kier molecular flexibility index (Phi) is 6.46. The van der Waals surface area contributed by atoms with Crippen molar-refractivity contribution in [1.29, 1.82) is 0 Å². The van der Waals surface area contributed by atoms with E-state index in [4.69, 9.17) is 4.74 Å². The van der Waals surface area contributed by atoms with E-state index >= 15 is 0 Å². The third kappa shape index (κ3) is 5.90. The minimum Gasteiger partial charge on any atom is -0.484 e. The average molecular weight is 362 g/mol. The number of hydrogen-bond acceptors (Lipinski definition) is 2. The summed E-state index contributed by atoms with van der Waals surface area (Å²) >= 11 is 3.37. The fourth-order valence-electron chi connectivity index (χ4n) is 2.12. The topological polar surface area (TPSA) is 38.3 Å². The Labute approximate surface area is 139 Å². The van der Waals surface area contributed by atoms with Gasteiger partial charge in [-0.05, 0) is 43.5 Å². The number of carbonyl (C=O) groups excluding carboxylic acids is 1. The molecule has 0 bridgehead atoms. The number of amides is 1. The standard InChI is InChI=1S/C18H20BrNO2/c1-14(10-11-15-6-3-2-4-7-15)20-18(21)13-22-17-9-5-8-16(19)12-17/h2-9,12,14H,10-11,13H2,1H3,(H,20,21). The van der Waals surface area contributed by atoms with Gasteiger partial charge in [-0.1, -0.05) is 52.3 Å². The van der Waals surface area contributed by atoms with Crippen LogP contribution < -0.4 is 10.1 Å². The molecule has 116 valence electrons. The van der Waals surface area contributed by atoms with Crippen molar-refractivity contribution in [3.8, 4) is 5.75 Å². The largest absolute Gasteiger partial charge is 0.484 e. The number of benzene rings is 2. The molecule has 0 aromatic heterocycles. The molecule has 0 spiro atoms. The van der Waals surface area contributed by atoms with Crippen LogP contribution in [-0.2, 0) is 11.2 Å². The molecule has 0 aliphatic carbocycles. The van der Waals surface area contributed by atoms with E-state index in [1.54, 1.807) is 0 Å². The summed E-state index contributed by atoms with van der Waals surface area (Å²) in [5.74, 6) is 0.585. The summed E-state index contributed by atoms with van der Waals surface area (Å²) < 4.78 is 6.40. The van der Waals surface area contributed by atoms with E-state index in [0.717, 1.165) is 17.3 Å². The van der Waals surface area contributed by atoms with E-state index in [9.17, 15) is 4.79 Å². The summed E-state index contributed by atoms with van der Waals surface area (Å²) in [5.41, 5.74) is 1.29. The zero-order valence-corrected chi connectivity index (χ0v) is 14.2. The first kappa shape index (κ1) is 16.6. The van der Waals surface area contributed by atoms with Gasteiger partial charge in [0.1, 0.15) is 5.75 Å². The maximum Gasteiger partial charge on any atom is 0.258 e. The van der Waals surface area contributed by atoms with Crippen molar-refractivity contribution in [2.75, 3.05) is 6.61 Å². The Morgan fingerprint density at radius 2 is 1.95 bits per heavy atom. The summed E-state index contributed by atoms with van der Waals surface area (Å²) in [7, 11) is 0. The molecule has 3 nitrogen and oxygen atoms in total. The van der Waals surface area contributed by atoms with Crippen molar-refractivity contribution in [2.24, 2.45) is 0 Å². The predicted octanol–water partition coefficient (Wildman–Crippen LogP) is 3.97. The molecule has 0 heterocycles. The first-order valence-electron chi connectivity index (χ1n) is 7.35. The number of ether oxygens (including phenoxy) is 1. The van der Waals surface area contributed by atoms with Gasteiger partial charge in [0, 0.05) is 10.5 Å². The highest BCUT2D eigenvalue weighted by atomic mass is 79.9. The maximum absolute atomic E-state index is 11.9. The van der Waals surface area contributed by atoms with E-state index in [-0.39, 0.29) is 18.6 Å². The van der Waals surface area contributed by atoms with E-state index in [1.807, 2.05) is 49.4 Å². The Morgan fingerprint density at radius 3 is 2.68 bits per heavy atom. The number of aryl methyl sites for hydroxylation is 1. The van der Waals surface area contributed by atoms with Crippen molar-refractivity contribution < 1.29 is 9.53 Å². The molecule has 0 saturated heterocycles. The molecule has 0 radical (unpaired) electrons. The molecular weight excluding hydrogens is 342 g/mol. The van der Waals surface area contributed by atoms with Crippen LogP contribution in [-0.4, -0.2) is 18.6 Å². The molecule has 1 unspecified atom stereocenters. The van der Waals surface area contributed by atoms with E-state index < -0.39 is 0 Å². The summed E-state index contributed by atoms with van der Waals surface area (Å²) in [5, 5.41) is 2.96. The van der Waals surface area contributed by atoms with E-state index in [0.29, 0.717) is 5.75 Å². The molecular formula is C18H20BrNO2. The fraction of sp³-hybridized carbons (Fsp3) is 0.278. The van der Waals surface area contributed by atoms with Crippen molar-refractivity contribution in [1.82, 2.24) is 5.32 Å². The highest BCUT2D eigenvalue weighted by molar-refractivity contribution is 9.10. The van der Waals surface area contributed by atoms with Gasteiger partial charge in [-0.3, -0.25) is 4.79 Å². The van der Waals surface area contributed by atoms with Crippen LogP contribution in [0.5, 0.6) is 5.75 Å². The molecule has 2 aromatic carbocycles. The summed E-state index contributed by atoms with van der Waals surface area (Å²) in [6, 6.07) is 17.9. The molecule has 2 aromatic rings. The van der Waals surface area contributed by atoms with Crippen LogP contribution in [0.1, 0.15) is 18.9 Å². The highest BCUT2D eigenvalue weighted by Gasteiger charge is 2.08. The Balaban J connectivity index is 1.70. The molecule has 0 aliphatic rings. The fourth-order valence-corrected chi connectivity index (χ4v) is 2.50. The Morgan fingerprint density at radius 1 is 1.18 bits per heavy atom. The number of nitrogens with one attached hydrogen (secondary N) is 1. The molecule has 1 N–H and O–H groups in total. The SMILES string of the molecule is CC(CCc1ccccc1)NC(=O)COc1cccc(Br)c1. The molecule has 4 heteroatoms. The second kappa shape index (κ2) is 8.59. The van der Waals surface area contributed by atoms with Crippen molar-refractivity contribution in [3.05, 3.63) is 64.6 Å². The number of carbonyl (C=O) groups is 1. The van der Waals surface area contributed by atoms with Crippen LogP contribution in [0.4, 0.5) is 0 Å². The van der Waals surface area contributed by atoms with Gasteiger partial charge < -0.3 is 10.1 Å². The van der Waals surface area contributed by atoms with Crippen molar-refractivity contribution in [3.63, 3.8) is 0 Å². The van der Waals surface area contributed by atoms with Gasteiger partial charge in [-0.15, -0.1) is 0 Å². The van der Waals surface area contributed by atoms with Gasteiger partial charge >= 0.3 is 0 Å². The van der Waals surface area contributed by atoms with Gasteiger partial charge in [0.05, 0.1) is 0 Å². The molecule has 1 amide bonds. The lowest BCUT2D eigenvalue weighted by molar-refractivity contribution is -0.123. The lowest BCUT2D eigenvalue weighted by Gasteiger charge is -2.14. The molecule has 1 atom stereocenters. The van der Waals surface area contributed by atoms with Crippen LogP contribution in [0.2, 0.25) is 0 Å². The van der Waals surface area contributed by atoms with Gasteiger partial charge in [-0.25, -0.2) is 0 Å². The number of rotatable bonds is 7. The van der Waals surface area contributed by atoms with E-state index in [1.165, 1.54) is 5.56 Å². The third-order valence-corrected chi connectivity index (χ3v) is 3.78. The second-order valence-corrected chi connectivity index (χ2v) is 6.15. The van der Waals surface area contributed by atoms with Crippen molar-refractivity contribution >= 4 is 21.8 Å². The van der Waals surface area contributed by atoms with Crippen molar-refractivity contribution in [2.45, 2.75) is 25.8 Å². The molecule has 0 saturated carbocycles. The minimum absolute atomic E-state index is 0.0339. The normalized spacial score (nSPS) is 11.7. The van der Waals surface area contributed by atoms with Gasteiger partial charge in [0.25, 0.3) is 5.91 Å². The first-order chi connectivity index (χ1) is 10.6. The maximum atomic E-state index is 11.9. The molecule has 0 fully saturated rings. The summed E-state index contributed by atoms with van der Waals surface area (Å²) in [6.45, 7) is 2.05. The van der Waals surface area contributed by atoms with Crippen LogP contribution in [0.15, 0.2) is 59.1 Å². The molecule has 0 aliphatic heterocycles. The first-order valence-corrected chi connectivity index (χ1v) is 8.14. The van der Waals surface area contributed by atoms with Gasteiger partial charge in [-0.2, -0.15) is 0 Å². The zero-order valence-electron chi connectivity index (χ0n) is 12.6. The van der Waals surface area contributed by atoms with Crippen LogP contribution in [0.3, 0.4) is 0 Å². The summed E-state index contributed by atoms with van der Waals surface area (Å²) in [4.78, 5) is 11.9. The smallest absolute Gasteiger partial charge is 0.258 e. The Bertz CT molecular complexity index is 601. The van der Waals surface area contributed by atoms with Gasteiger partial charge in [0.15, 0.2) is 6.61 Å². The number of hydrogen-bond donors (Lipinski definition) is 1. The summed E-state index contributed by atoms with van der Waals surface area (Å²) in [6.07, 6.45) is 1.86. The third-order valence-electron chi connectivity index (χ3n) is 3.28. The zero-order chi connectivity index (χ0) is 15.8. The number of halogens is 1. The monoisotopic (exact) mass is 361 g/mol.